The maximum Gasteiger partial charge on any atom is 0.0594 e. The first-order valence-corrected chi connectivity index (χ1v) is 5.74. The van der Waals surface area contributed by atoms with Crippen LogP contribution in [-0.2, 0) is 4.74 Å². The molecule has 1 saturated heterocycles. The Balaban J connectivity index is 2.14. The van der Waals surface area contributed by atoms with Crippen LogP contribution in [0.15, 0.2) is 0 Å². The summed E-state index contributed by atoms with van der Waals surface area (Å²) in [6.07, 6.45) is 2.65. The van der Waals surface area contributed by atoms with Gasteiger partial charge in [0.2, 0.25) is 0 Å². The van der Waals surface area contributed by atoms with E-state index in [1.54, 1.807) is 0 Å². The van der Waals surface area contributed by atoms with Crippen LogP contribution in [0.3, 0.4) is 0 Å². The molecule has 1 aliphatic rings. The third kappa shape index (κ3) is 3.49. The van der Waals surface area contributed by atoms with E-state index in [0.717, 1.165) is 25.5 Å². The van der Waals surface area contributed by atoms with Gasteiger partial charge in [-0.3, -0.25) is 4.90 Å². The predicted molar refractivity (Wildman–Crippen MR) is 59.6 cm³/mol. The van der Waals surface area contributed by atoms with Crippen molar-refractivity contribution in [1.82, 2.24) is 4.90 Å². The SMILES string of the molecule is CC1(C)CCCN1CCOCCS. The first-order chi connectivity index (χ1) is 6.17. The smallest absolute Gasteiger partial charge is 0.0594 e. The van der Waals surface area contributed by atoms with E-state index in [-0.39, 0.29) is 0 Å². The second kappa shape index (κ2) is 5.23. The lowest BCUT2D eigenvalue weighted by atomic mass is 10.0. The van der Waals surface area contributed by atoms with Crippen LogP contribution in [-0.4, -0.2) is 42.5 Å². The Morgan fingerprint density at radius 2 is 2.15 bits per heavy atom. The highest BCUT2D eigenvalue weighted by atomic mass is 32.1. The summed E-state index contributed by atoms with van der Waals surface area (Å²) in [4.78, 5) is 2.52. The van der Waals surface area contributed by atoms with Crippen molar-refractivity contribution in [3.05, 3.63) is 0 Å². The van der Waals surface area contributed by atoms with Crippen molar-refractivity contribution in [1.29, 1.82) is 0 Å². The molecule has 0 radical (unpaired) electrons. The van der Waals surface area contributed by atoms with Crippen molar-refractivity contribution >= 4 is 12.6 Å². The zero-order valence-corrected chi connectivity index (χ0v) is 9.65. The molecule has 0 bridgehead atoms. The van der Waals surface area contributed by atoms with E-state index < -0.39 is 0 Å². The maximum atomic E-state index is 5.42. The molecule has 0 unspecified atom stereocenters. The fourth-order valence-corrected chi connectivity index (χ4v) is 2.05. The first kappa shape index (κ1) is 11.3. The summed E-state index contributed by atoms with van der Waals surface area (Å²) in [6, 6.07) is 0. The molecule has 0 aromatic heterocycles. The van der Waals surface area contributed by atoms with Gasteiger partial charge in [0, 0.05) is 17.8 Å². The molecule has 0 aliphatic carbocycles. The number of thiol groups is 1. The number of rotatable bonds is 5. The monoisotopic (exact) mass is 203 g/mol. The number of ether oxygens (including phenoxy) is 1. The topological polar surface area (TPSA) is 12.5 Å². The molecule has 2 nitrogen and oxygen atoms in total. The second-order valence-corrected chi connectivity index (χ2v) is 4.69. The highest BCUT2D eigenvalue weighted by Gasteiger charge is 2.30. The molecule has 0 spiro atoms. The van der Waals surface area contributed by atoms with E-state index >= 15 is 0 Å². The number of likely N-dealkylation sites (tertiary alicyclic amines) is 1. The van der Waals surface area contributed by atoms with E-state index in [0.29, 0.717) is 5.54 Å². The number of hydrogen-bond donors (Lipinski definition) is 1. The number of hydrogen-bond acceptors (Lipinski definition) is 3. The molecule has 3 heteroatoms. The van der Waals surface area contributed by atoms with Crippen molar-refractivity contribution < 1.29 is 4.74 Å². The minimum Gasteiger partial charge on any atom is -0.379 e. The first-order valence-electron chi connectivity index (χ1n) is 5.10. The van der Waals surface area contributed by atoms with Crippen LogP contribution >= 0.6 is 12.6 Å². The molecular formula is C10H21NOS. The summed E-state index contributed by atoms with van der Waals surface area (Å²) >= 11 is 4.10. The van der Waals surface area contributed by atoms with E-state index in [4.69, 9.17) is 4.74 Å². The normalized spacial score (nSPS) is 22.4. The number of nitrogens with zero attached hydrogens (tertiary/aromatic N) is 1. The van der Waals surface area contributed by atoms with Gasteiger partial charge in [0.25, 0.3) is 0 Å². The predicted octanol–water partition coefficient (Wildman–Crippen LogP) is 1.81. The summed E-state index contributed by atoms with van der Waals surface area (Å²) in [5, 5.41) is 0. The quantitative estimate of drug-likeness (QED) is 0.540. The second-order valence-electron chi connectivity index (χ2n) is 4.24. The van der Waals surface area contributed by atoms with Crippen LogP contribution in [0.2, 0.25) is 0 Å². The lowest BCUT2D eigenvalue weighted by molar-refractivity contribution is 0.0882. The lowest BCUT2D eigenvalue weighted by Gasteiger charge is -2.31. The third-order valence-electron chi connectivity index (χ3n) is 2.81. The third-order valence-corrected chi connectivity index (χ3v) is 3.00. The molecule has 1 fully saturated rings. The minimum atomic E-state index is 0.393. The van der Waals surface area contributed by atoms with Gasteiger partial charge < -0.3 is 4.74 Å². The zero-order valence-electron chi connectivity index (χ0n) is 8.75. The maximum absolute atomic E-state index is 5.42. The van der Waals surface area contributed by atoms with Gasteiger partial charge in [0.15, 0.2) is 0 Å². The van der Waals surface area contributed by atoms with Crippen LogP contribution in [0.5, 0.6) is 0 Å². The van der Waals surface area contributed by atoms with Crippen LogP contribution < -0.4 is 0 Å². The van der Waals surface area contributed by atoms with Crippen molar-refractivity contribution in [2.45, 2.75) is 32.2 Å². The van der Waals surface area contributed by atoms with E-state index in [1.807, 2.05) is 0 Å². The summed E-state index contributed by atoms with van der Waals surface area (Å²) in [5.41, 5.74) is 0.393. The Morgan fingerprint density at radius 1 is 1.38 bits per heavy atom. The van der Waals surface area contributed by atoms with Crippen molar-refractivity contribution in [2.24, 2.45) is 0 Å². The van der Waals surface area contributed by atoms with Crippen LogP contribution in [0.25, 0.3) is 0 Å². The summed E-state index contributed by atoms with van der Waals surface area (Å²) in [5.74, 6) is 0.823. The Kier molecular flexibility index (Phi) is 4.56. The summed E-state index contributed by atoms with van der Waals surface area (Å²) in [7, 11) is 0. The van der Waals surface area contributed by atoms with Crippen molar-refractivity contribution in [3.63, 3.8) is 0 Å². The molecule has 0 saturated carbocycles. The Hall–Kier alpha value is 0.270. The van der Waals surface area contributed by atoms with Crippen LogP contribution in [0, 0.1) is 0 Å². The van der Waals surface area contributed by atoms with Crippen molar-refractivity contribution in [3.8, 4) is 0 Å². The molecule has 78 valence electrons. The van der Waals surface area contributed by atoms with Crippen LogP contribution in [0.4, 0.5) is 0 Å². The fourth-order valence-electron chi connectivity index (χ4n) is 1.92. The molecule has 13 heavy (non-hydrogen) atoms. The lowest BCUT2D eigenvalue weighted by Crippen LogP contribution is -2.40. The summed E-state index contributed by atoms with van der Waals surface area (Å²) < 4.78 is 5.42. The Labute approximate surface area is 87.0 Å². The van der Waals surface area contributed by atoms with Gasteiger partial charge in [-0.15, -0.1) is 0 Å². The van der Waals surface area contributed by atoms with Gasteiger partial charge in [0.1, 0.15) is 0 Å². The zero-order chi connectivity index (χ0) is 9.73. The Morgan fingerprint density at radius 3 is 2.69 bits per heavy atom. The van der Waals surface area contributed by atoms with Gasteiger partial charge in [-0.2, -0.15) is 12.6 Å². The molecule has 1 rings (SSSR count). The van der Waals surface area contributed by atoms with Crippen molar-refractivity contribution in [2.75, 3.05) is 32.1 Å². The van der Waals surface area contributed by atoms with Gasteiger partial charge in [-0.05, 0) is 33.2 Å². The average molecular weight is 203 g/mol. The molecule has 0 atom stereocenters. The van der Waals surface area contributed by atoms with Gasteiger partial charge in [-0.1, -0.05) is 0 Å². The molecule has 0 amide bonds. The van der Waals surface area contributed by atoms with E-state index in [1.165, 1.54) is 19.4 Å². The molecule has 1 heterocycles. The molecular weight excluding hydrogens is 182 g/mol. The highest BCUT2D eigenvalue weighted by molar-refractivity contribution is 7.80. The minimum absolute atomic E-state index is 0.393. The molecule has 0 N–H and O–H groups in total. The largest absolute Gasteiger partial charge is 0.379 e. The Bertz CT molecular complexity index is 150. The van der Waals surface area contributed by atoms with E-state index in [9.17, 15) is 0 Å². The molecule has 0 aromatic carbocycles. The van der Waals surface area contributed by atoms with Gasteiger partial charge in [-0.25, -0.2) is 0 Å². The fraction of sp³-hybridized carbons (Fsp3) is 1.00. The van der Waals surface area contributed by atoms with Gasteiger partial charge >= 0.3 is 0 Å². The average Bonchev–Trinajstić information content (AvgIpc) is 2.40. The highest BCUT2D eigenvalue weighted by Crippen LogP contribution is 2.27. The molecule has 1 aliphatic heterocycles. The molecule has 0 aromatic rings. The van der Waals surface area contributed by atoms with E-state index in [2.05, 4.69) is 31.4 Å². The standard InChI is InChI=1S/C10H21NOS/c1-10(2)4-3-5-11(10)6-7-12-8-9-13/h13H,3-9H2,1-2H3. The van der Waals surface area contributed by atoms with Gasteiger partial charge in [0.05, 0.1) is 13.2 Å². The summed E-state index contributed by atoms with van der Waals surface area (Å²) in [6.45, 7) is 8.57. The van der Waals surface area contributed by atoms with Crippen LogP contribution in [0.1, 0.15) is 26.7 Å².